The molecular formula is C26H56N6. The number of rotatable bonds is 7. The van der Waals surface area contributed by atoms with Crippen LogP contribution in [0.25, 0.3) is 0 Å². The summed E-state index contributed by atoms with van der Waals surface area (Å²) in [5, 5.41) is 0. The molecule has 0 aliphatic carbocycles. The monoisotopic (exact) mass is 452 g/mol. The average Bonchev–Trinajstić information content (AvgIpc) is 2.90. The van der Waals surface area contributed by atoms with E-state index in [1.807, 2.05) is 0 Å². The van der Waals surface area contributed by atoms with E-state index in [1.54, 1.807) is 0 Å². The highest BCUT2D eigenvalue weighted by Crippen LogP contribution is 2.09. The van der Waals surface area contributed by atoms with Gasteiger partial charge in [0.25, 0.3) is 0 Å². The molecule has 2 heterocycles. The van der Waals surface area contributed by atoms with E-state index >= 15 is 0 Å². The van der Waals surface area contributed by atoms with Gasteiger partial charge in [0.2, 0.25) is 0 Å². The molecule has 32 heavy (non-hydrogen) atoms. The molecule has 2 rings (SSSR count). The Morgan fingerprint density at radius 1 is 0.344 bits per heavy atom. The Hall–Kier alpha value is -0.240. The van der Waals surface area contributed by atoms with E-state index in [9.17, 15) is 0 Å². The van der Waals surface area contributed by atoms with Crippen LogP contribution < -0.4 is 0 Å². The molecule has 0 radical (unpaired) electrons. The Morgan fingerprint density at radius 2 is 0.531 bits per heavy atom. The smallest absolute Gasteiger partial charge is 0.0113 e. The molecular weight excluding hydrogens is 396 g/mol. The van der Waals surface area contributed by atoms with Gasteiger partial charge in [-0.15, -0.1) is 0 Å². The number of nitrogens with zero attached hydrogens (tertiary/aromatic N) is 6. The second kappa shape index (κ2) is 14.2. The molecule has 0 spiro atoms. The third-order valence-corrected chi connectivity index (χ3v) is 7.82. The SMILES string of the molecule is CC(C)N1CCN(CCN2CCN(C(C)C)CCN(C(C)C)CC2)CCN(C(C)C)CC1. The van der Waals surface area contributed by atoms with Crippen LogP contribution in [-0.2, 0) is 0 Å². The molecule has 2 aliphatic rings. The van der Waals surface area contributed by atoms with E-state index < -0.39 is 0 Å². The van der Waals surface area contributed by atoms with Gasteiger partial charge in [0, 0.05) is 116 Å². The highest BCUT2D eigenvalue weighted by atomic mass is 15.3. The van der Waals surface area contributed by atoms with Crippen LogP contribution in [0, 0.1) is 0 Å². The van der Waals surface area contributed by atoms with Gasteiger partial charge in [-0.25, -0.2) is 0 Å². The predicted molar refractivity (Wildman–Crippen MR) is 140 cm³/mol. The first-order chi connectivity index (χ1) is 15.2. The van der Waals surface area contributed by atoms with Crippen LogP contribution in [-0.4, -0.2) is 145 Å². The fourth-order valence-electron chi connectivity index (χ4n) is 5.06. The van der Waals surface area contributed by atoms with Gasteiger partial charge < -0.3 is 0 Å². The number of hydrogen-bond acceptors (Lipinski definition) is 6. The van der Waals surface area contributed by atoms with Crippen LogP contribution in [0.2, 0.25) is 0 Å². The van der Waals surface area contributed by atoms with Crippen LogP contribution in [0.1, 0.15) is 55.4 Å². The Balaban J connectivity index is 1.97. The summed E-state index contributed by atoms with van der Waals surface area (Å²) in [6.45, 7) is 35.6. The molecule has 0 atom stereocenters. The van der Waals surface area contributed by atoms with Crippen molar-refractivity contribution < 1.29 is 0 Å². The summed E-state index contributed by atoms with van der Waals surface area (Å²) in [6, 6.07) is 2.52. The van der Waals surface area contributed by atoms with E-state index in [0.29, 0.717) is 24.2 Å². The van der Waals surface area contributed by atoms with Crippen LogP contribution >= 0.6 is 0 Å². The lowest BCUT2D eigenvalue weighted by atomic mass is 10.3. The van der Waals surface area contributed by atoms with Gasteiger partial charge >= 0.3 is 0 Å². The van der Waals surface area contributed by atoms with Crippen molar-refractivity contribution in [3.63, 3.8) is 0 Å². The zero-order valence-corrected chi connectivity index (χ0v) is 22.9. The van der Waals surface area contributed by atoms with Crippen molar-refractivity contribution in [1.29, 1.82) is 0 Å². The van der Waals surface area contributed by atoms with Gasteiger partial charge in [0.1, 0.15) is 0 Å². The average molecular weight is 453 g/mol. The second-order valence-electron chi connectivity index (χ2n) is 11.2. The maximum Gasteiger partial charge on any atom is 0.0113 e. The maximum absolute atomic E-state index is 2.74. The molecule has 0 N–H and O–H groups in total. The van der Waals surface area contributed by atoms with Gasteiger partial charge in [-0.2, -0.15) is 0 Å². The van der Waals surface area contributed by atoms with Crippen LogP contribution in [0.4, 0.5) is 0 Å². The Bertz CT molecular complexity index is 411. The van der Waals surface area contributed by atoms with Gasteiger partial charge in [-0.05, 0) is 55.4 Å². The Morgan fingerprint density at radius 3 is 0.719 bits per heavy atom. The molecule has 0 aromatic carbocycles. The normalized spacial score (nSPS) is 24.0. The van der Waals surface area contributed by atoms with E-state index in [-0.39, 0.29) is 0 Å². The van der Waals surface area contributed by atoms with Crippen molar-refractivity contribution in [3.8, 4) is 0 Å². The summed E-state index contributed by atoms with van der Waals surface area (Å²) in [4.78, 5) is 16.2. The minimum atomic E-state index is 0.631. The van der Waals surface area contributed by atoms with Crippen LogP contribution in [0.3, 0.4) is 0 Å². The van der Waals surface area contributed by atoms with E-state index in [4.69, 9.17) is 0 Å². The van der Waals surface area contributed by atoms with Gasteiger partial charge in [0.05, 0.1) is 0 Å². The zero-order valence-electron chi connectivity index (χ0n) is 22.9. The van der Waals surface area contributed by atoms with Gasteiger partial charge in [-0.3, -0.25) is 29.4 Å². The van der Waals surface area contributed by atoms with Crippen molar-refractivity contribution in [2.24, 2.45) is 0 Å². The fourth-order valence-corrected chi connectivity index (χ4v) is 5.06. The summed E-state index contributed by atoms with van der Waals surface area (Å²) < 4.78 is 0. The van der Waals surface area contributed by atoms with Crippen molar-refractivity contribution in [2.45, 2.75) is 79.6 Å². The quantitative estimate of drug-likeness (QED) is 0.587. The van der Waals surface area contributed by atoms with Crippen molar-refractivity contribution in [1.82, 2.24) is 29.4 Å². The third-order valence-electron chi connectivity index (χ3n) is 7.82. The first-order valence-corrected chi connectivity index (χ1v) is 13.6. The molecule has 2 fully saturated rings. The lowest BCUT2D eigenvalue weighted by molar-refractivity contribution is 0.154. The summed E-state index contributed by atoms with van der Waals surface area (Å²) in [6.07, 6.45) is 0. The summed E-state index contributed by atoms with van der Waals surface area (Å²) in [5.74, 6) is 0. The number of hydrogen-bond donors (Lipinski definition) is 0. The molecule has 0 aromatic heterocycles. The topological polar surface area (TPSA) is 19.4 Å². The summed E-state index contributed by atoms with van der Waals surface area (Å²) >= 11 is 0. The molecule has 0 aromatic rings. The Kier molecular flexibility index (Phi) is 12.4. The minimum absolute atomic E-state index is 0.631. The molecule has 6 heteroatoms. The molecule has 190 valence electrons. The van der Waals surface area contributed by atoms with Crippen molar-refractivity contribution >= 4 is 0 Å². The molecule has 2 saturated heterocycles. The standard InChI is InChI=1S/C26H56N6/c1-23(2)29-15-11-27(12-16-30(20-19-29)24(3)4)9-10-28-13-17-31(25(5)6)21-22-32(18-14-28)26(7)8/h23-26H,9-22H2,1-8H3. The zero-order chi connectivity index (χ0) is 23.7. The van der Waals surface area contributed by atoms with Crippen LogP contribution in [0.5, 0.6) is 0 Å². The van der Waals surface area contributed by atoms with Gasteiger partial charge in [0.15, 0.2) is 0 Å². The Labute approximate surface area is 200 Å². The minimum Gasteiger partial charge on any atom is -0.300 e. The lowest BCUT2D eigenvalue weighted by Gasteiger charge is -2.31. The van der Waals surface area contributed by atoms with Crippen molar-refractivity contribution in [3.05, 3.63) is 0 Å². The summed E-state index contributed by atoms with van der Waals surface area (Å²) in [7, 11) is 0. The predicted octanol–water partition coefficient (Wildman–Crippen LogP) is 2.46. The summed E-state index contributed by atoms with van der Waals surface area (Å²) in [5.41, 5.74) is 0. The highest BCUT2D eigenvalue weighted by molar-refractivity contribution is 4.78. The highest BCUT2D eigenvalue weighted by Gasteiger charge is 2.22. The molecule has 6 nitrogen and oxygen atoms in total. The van der Waals surface area contributed by atoms with E-state index in [2.05, 4.69) is 84.8 Å². The first kappa shape index (κ1) is 28.0. The second-order valence-corrected chi connectivity index (χ2v) is 11.2. The fraction of sp³-hybridized carbons (Fsp3) is 1.00. The van der Waals surface area contributed by atoms with Crippen LogP contribution in [0.15, 0.2) is 0 Å². The molecule has 0 saturated carbocycles. The first-order valence-electron chi connectivity index (χ1n) is 13.6. The largest absolute Gasteiger partial charge is 0.300 e. The molecule has 0 unspecified atom stereocenters. The third kappa shape index (κ3) is 9.55. The maximum atomic E-state index is 2.74. The van der Waals surface area contributed by atoms with E-state index in [1.165, 1.54) is 91.6 Å². The molecule has 2 aliphatic heterocycles. The molecule has 0 bridgehead atoms. The molecule has 0 amide bonds. The lowest BCUT2D eigenvalue weighted by Crippen LogP contribution is -2.45. The van der Waals surface area contributed by atoms with Gasteiger partial charge in [-0.1, -0.05) is 0 Å². The van der Waals surface area contributed by atoms with E-state index in [0.717, 1.165) is 0 Å². The van der Waals surface area contributed by atoms with Crippen molar-refractivity contribution in [2.75, 3.05) is 91.6 Å².